The van der Waals surface area contributed by atoms with Crippen molar-refractivity contribution in [3.05, 3.63) is 11.4 Å². The molecule has 5 nitrogen and oxygen atoms in total. The monoisotopic (exact) mass is 234 g/mol. The van der Waals surface area contributed by atoms with Gasteiger partial charge in [0.2, 0.25) is 0 Å². The highest BCUT2D eigenvalue weighted by molar-refractivity contribution is 5.97. The number of nitrogens with one attached hydrogen (secondary N) is 2. The number of H-pyrrole nitrogens is 1. The maximum atomic E-state index is 11.7. The van der Waals surface area contributed by atoms with Crippen molar-refractivity contribution in [1.82, 2.24) is 15.5 Å². The lowest BCUT2D eigenvalue weighted by Gasteiger charge is -2.02. The molecule has 0 radical (unpaired) electrons. The highest BCUT2D eigenvalue weighted by atomic mass is 16.1. The topological polar surface area (TPSA) is 83.8 Å². The Morgan fingerprint density at radius 2 is 2.35 bits per heavy atom. The molecule has 0 unspecified atom stereocenters. The van der Waals surface area contributed by atoms with Gasteiger partial charge in [0.25, 0.3) is 5.91 Å². The Morgan fingerprint density at radius 3 is 2.94 bits per heavy atom. The first kappa shape index (κ1) is 13.1. The van der Waals surface area contributed by atoms with Gasteiger partial charge < -0.3 is 11.1 Å². The highest BCUT2D eigenvalue weighted by Gasteiger charge is 2.15. The third-order valence-electron chi connectivity index (χ3n) is 2.48. The highest BCUT2D eigenvalue weighted by Crippen LogP contribution is 2.13. The molecule has 1 aromatic heterocycles. The molecule has 0 saturated carbocycles. The molecule has 1 heterocycles. The quantitative estimate of drug-likeness (QED) is 0.509. The van der Waals surface area contributed by atoms with Crippen molar-refractivity contribution in [1.29, 1.82) is 0 Å². The predicted octanol–water partition coefficient (Wildman–Crippen LogP) is 1.09. The van der Waals surface area contributed by atoms with E-state index in [1.165, 1.54) is 0 Å². The molecule has 1 amide bonds. The van der Waals surface area contributed by atoms with Gasteiger partial charge in [0, 0.05) is 13.0 Å². The van der Waals surface area contributed by atoms with Gasteiger partial charge in [-0.15, -0.1) is 12.3 Å². The number of nitrogen functional groups attached to an aromatic ring is 1. The molecule has 1 rings (SSSR count). The number of hydrogen-bond donors (Lipinski definition) is 3. The van der Waals surface area contributed by atoms with E-state index >= 15 is 0 Å². The largest absolute Gasteiger partial charge is 0.395 e. The molecule has 0 aliphatic heterocycles. The Kier molecular flexibility index (Phi) is 5.08. The molecule has 92 valence electrons. The molecule has 0 atom stereocenters. The van der Waals surface area contributed by atoms with Gasteiger partial charge in [0.15, 0.2) is 5.69 Å². The second-order valence-electron chi connectivity index (χ2n) is 3.74. The summed E-state index contributed by atoms with van der Waals surface area (Å²) >= 11 is 0. The Bertz CT molecular complexity index is 417. The Morgan fingerprint density at radius 1 is 1.59 bits per heavy atom. The van der Waals surface area contributed by atoms with Crippen molar-refractivity contribution in [2.24, 2.45) is 0 Å². The molecule has 0 fully saturated rings. The normalized spacial score (nSPS) is 9.88. The van der Waals surface area contributed by atoms with E-state index in [1.54, 1.807) is 0 Å². The van der Waals surface area contributed by atoms with E-state index in [-0.39, 0.29) is 11.6 Å². The minimum atomic E-state index is -0.237. The molecule has 0 saturated heterocycles. The van der Waals surface area contributed by atoms with E-state index in [1.807, 2.05) is 6.92 Å². The summed E-state index contributed by atoms with van der Waals surface area (Å²) in [4.78, 5) is 11.7. The number of hydrogen-bond acceptors (Lipinski definition) is 3. The number of amides is 1. The number of carbonyl (C=O) groups excluding carboxylic acids is 1. The standard InChI is InChI=1S/C12H18N4O/c1-3-5-6-7-8-14-12(17)11-10(13)9(4-2)15-16-11/h1H,4-8,13H2,2H3,(H,14,17)(H,15,16). The fourth-order valence-corrected chi connectivity index (χ4v) is 1.47. The van der Waals surface area contributed by atoms with Crippen molar-refractivity contribution in [2.75, 3.05) is 12.3 Å². The van der Waals surface area contributed by atoms with Crippen molar-refractivity contribution < 1.29 is 4.79 Å². The number of anilines is 1. The summed E-state index contributed by atoms with van der Waals surface area (Å²) in [6.07, 6.45) is 8.37. The average Bonchev–Trinajstić information content (AvgIpc) is 2.70. The lowest BCUT2D eigenvalue weighted by atomic mass is 10.2. The third-order valence-corrected chi connectivity index (χ3v) is 2.48. The summed E-state index contributed by atoms with van der Waals surface area (Å²) in [6, 6.07) is 0. The predicted molar refractivity (Wildman–Crippen MR) is 67.4 cm³/mol. The number of nitrogens with two attached hydrogens (primary N) is 1. The minimum absolute atomic E-state index is 0.237. The van der Waals surface area contributed by atoms with Crippen molar-refractivity contribution in [3.8, 4) is 12.3 Å². The number of terminal acetylenes is 1. The van der Waals surface area contributed by atoms with Crippen LogP contribution in [0.25, 0.3) is 0 Å². The molecule has 0 aliphatic rings. The first-order valence-corrected chi connectivity index (χ1v) is 5.75. The zero-order valence-electron chi connectivity index (χ0n) is 10.0. The number of rotatable bonds is 6. The maximum absolute atomic E-state index is 11.7. The number of aromatic amines is 1. The summed E-state index contributed by atoms with van der Waals surface area (Å²) in [5.41, 5.74) is 7.29. The molecule has 5 heteroatoms. The van der Waals surface area contributed by atoms with Crippen LogP contribution in [0.2, 0.25) is 0 Å². The van der Waals surface area contributed by atoms with E-state index < -0.39 is 0 Å². The molecule has 4 N–H and O–H groups in total. The SMILES string of the molecule is C#CCCCCNC(=O)c1n[nH]c(CC)c1N. The third kappa shape index (κ3) is 3.52. The van der Waals surface area contributed by atoms with Crippen LogP contribution in [-0.4, -0.2) is 22.6 Å². The average molecular weight is 234 g/mol. The van der Waals surface area contributed by atoms with Crippen LogP contribution < -0.4 is 11.1 Å². The second kappa shape index (κ2) is 6.59. The molecule has 0 aliphatic carbocycles. The smallest absolute Gasteiger partial charge is 0.273 e. The van der Waals surface area contributed by atoms with Gasteiger partial charge in [-0.2, -0.15) is 5.10 Å². The number of aromatic nitrogens is 2. The van der Waals surface area contributed by atoms with E-state index in [4.69, 9.17) is 12.2 Å². The van der Waals surface area contributed by atoms with Gasteiger partial charge in [-0.3, -0.25) is 9.89 Å². The van der Waals surface area contributed by atoms with Crippen molar-refractivity contribution in [3.63, 3.8) is 0 Å². The second-order valence-corrected chi connectivity index (χ2v) is 3.74. The van der Waals surface area contributed by atoms with Crippen LogP contribution in [0.4, 0.5) is 5.69 Å². The van der Waals surface area contributed by atoms with Gasteiger partial charge in [-0.1, -0.05) is 6.92 Å². The minimum Gasteiger partial charge on any atom is -0.395 e. The number of unbranched alkanes of at least 4 members (excludes halogenated alkanes) is 2. The molecule has 1 aromatic rings. The Labute approximate surface area is 101 Å². The van der Waals surface area contributed by atoms with Crippen LogP contribution in [0.1, 0.15) is 42.4 Å². The van der Waals surface area contributed by atoms with Crippen LogP contribution in [-0.2, 0) is 6.42 Å². The van der Waals surface area contributed by atoms with Crippen LogP contribution >= 0.6 is 0 Å². The van der Waals surface area contributed by atoms with E-state index in [9.17, 15) is 4.79 Å². The number of carbonyl (C=O) groups is 1. The fraction of sp³-hybridized carbons (Fsp3) is 0.500. The van der Waals surface area contributed by atoms with E-state index in [0.717, 1.165) is 31.4 Å². The van der Waals surface area contributed by atoms with Crippen LogP contribution in [0, 0.1) is 12.3 Å². The molecule has 0 bridgehead atoms. The lowest BCUT2D eigenvalue weighted by molar-refractivity contribution is 0.0949. The molecule has 17 heavy (non-hydrogen) atoms. The van der Waals surface area contributed by atoms with Crippen LogP contribution in [0.15, 0.2) is 0 Å². The van der Waals surface area contributed by atoms with Gasteiger partial charge in [-0.25, -0.2) is 0 Å². The Balaban J connectivity index is 2.42. The van der Waals surface area contributed by atoms with Crippen LogP contribution in [0.5, 0.6) is 0 Å². The van der Waals surface area contributed by atoms with Gasteiger partial charge in [0.05, 0.1) is 11.4 Å². The summed E-state index contributed by atoms with van der Waals surface area (Å²) in [7, 11) is 0. The lowest BCUT2D eigenvalue weighted by Crippen LogP contribution is -2.25. The van der Waals surface area contributed by atoms with E-state index in [0.29, 0.717) is 12.2 Å². The zero-order chi connectivity index (χ0) is 12.7. The Hall–Kier alpha value is -1.96. The molecule has 0 aromatic carbocycles. The first-order chi connectivity index (χ1) is 8.20. The summed E-state index contributed by atoms with van der Waals surface area (Å²) < 4.78 is 0. The summed E-state index contributed by atoms with van der Waals surface area (Å²) in [6.45, 7) is 2.54. The molecule has 0 spiro atoms. The van der Waals surface area contributed by atoms with Gasteiger partial charge >= 0.3 is 0 Å². The van der Waals surface area contributed by atoms with Gasteiger partial charge in [-0.05, 0) is 19.3 Å². The maximum Gasteiger partial charge on any atom is 0.273 e. The number of aryl methyl sites for hydroxylation is 1. The van der Waals surface area contributed by atoms with Crippen LogP contribution in [0.3, 0.4) is 0 Å². The molecular weight excluding hydrogens is 216 g/mol. The summed E-state index contributed by atoms with van der Waals surface area (Å²) in [5.74, 6) is 2.32. The van der Waals surface area contributed by atoms with Crippen molar-refractivity contribution in [2.45, 2.75) is 32.6 Å². The molecular formula is C12H18N4O. The fourth-order valence-electron chi connectivity index (χ4n) is 1.47. The summed E-state index contributed by atoms with van der Waals surface area (Å²) in [5, 5.41) is 9.43. The zero-order valence-corrected chi connectivity index (χ0v) is 10.0. The number of nitrogens with zero attached hydrogens (tertiary/aromatic N) is 1. The van der Waals surface area contributed by atoms with Crippen molar-refractivity contribution >= 4 is 11.6 Å². The van der Waals surface area contributed by atoms with E-state index in [2.05, 4.69) is 21.4 Å². The van der Waals surface area contributed by atoms with Gasteiger partial charge in [0.1, 0.15) is 0 Å². The first-order valence-electron chi connectivity index (χ1n) is 5.75.